The molecule has 11 heteroatoms. The fourth-order valence-corrected chi connectivity index (χ4v) is 2.08. The van der Waals surface area contributed by atoms with Gasteiger partial charge in [-0.05, 0) is 11.6 Å². The monoisotopic (exact) mass is 338 g/mol. The summed E-state index contributed by atoms with van der Waals surface area (Å²) in [6.45, 7) is -0.407. The van der Waals surface area contributed by atoms with Crippen LogP contribution in [0.2, 0.25) is 10.4 Å². The van der Waals surface area contributed by atoms with Gasteiger partial charge in [0.2, 0.25) is 5.28 Å². The molecular formula is C10H12Cl2N4O5. The zero-order chi connectivity index (χ0) is 15.6. The van der Waals surface area contributed by atoms with Crippen molar-refractivity contribution in [3.8, 4) is 0 Å². The Bertz CT molecular complexity index is 612. The first-order valence-corrected chi connectivity index (χ1v) is 6.52. The highest BCUT2D eigenvalue weighted by Crippen LogP contribution is 2.18. The minimum atomic E-state index is -1.38. The van der Waals surface area contributed by atoms with E-state index in [9.17, 15) is 0 Å². The maximum absolute atomic E-state index is 8.93. The summed E-state index contributed by atoms with van der Waals surface area (Å²) >= 11 is 11.2. The first-order chi connectivity index (χ1) is 9.93. The van der Waals surface area contributed by atoms with Crippen LogP contribution >= 0.6 is 23.2 Å². The topological polar surface area (TPSA) is 145 Å². The summed E-state index contributed by atoms with van der Waals surface area (Å²) in [7, 11) is 0. The van der Waals surface area contributed by atoms with E-state index in [2.05, 4.69) is 24.7 Å². The lowest BCUT2D eigenvalue weighted by Crippen LogP contribution is -2.33. The lowest BCUT2D eigenvalue weighted by atomic mass is 10.1. The molecule has 0 amide bonds. The third-order valence-corrected chi connectivity index (χ3v) is 3.17. The number of aromatic nitrogens is 4. The Kier molecular flexibility index (Phi) is 5.27. The van der Waals surface area contributed by atoms with Gasteiger partial charge >= 0.3 is 0 Å². The smallest absolute Gasteiger partial charge is 0.225 e. The zero-order valence-corrected chi connectivity index (χ0v) is 11.9. The molecule has 21 heavy (non-hydrogen) atoms. The standard InChI is InChI=1S/C5H2Cl2N4.C5H10O5/c6-3-2-4(9-1-8-2)11-5(7)10-3;6-1-2-3(7)4(8)5(9)10-2/h1H,(H,8,9,10,11);2-9H,1H2/t;2-,3-,4-,5-/m.1/s1. The summed E-state index contributed by atoms with van der Waals surface area (Å²) in [5.41, 5.74) is 1.09. The summed E-state index contributed by atoms with van der Waals surface area (Å²) in [5.74, 6) is 0. The molecule has 1 aliphatic rings. The molecule has 1 fully saturated rings. The zero-order valence-electron chi connectivity index (χ0n) is 10.4. The first-order valence-electron chi connectivity index (χ1n) is 5.76. The molecule has 0 unspecified atom stereocenters. The van der Waals surface area contributed by atoms with Crippen molar-refractivity contribution in [2.45, 2.75) is 24.6 Å². The Hall–Kier alpha value is -1.07. The number of halogens is 2. The molecule has 0 aliphatic carbocycles. The number of hydrogen-bond acceptors (Lipinski definition) is 8. The summed E-state index contributed by atoms with van der Waals surface area (Å²) in [4.78, 5) is 14.2. The van der Waals surface area contributed by atoms with Crippen molar-refractivity contribution in [1.82, 2.24) is 19.9 Å². The molecule has 2 aromatic rings. The highest BCUT2D eigenvalue weighted by molar-refractivity contribution is 6.35. The average Bonchev–Trinajstić information content (AvgIpc) is 3.00. The fraction of sp³-hybridized carbons (Fsp3) is 0.500. The van der Waals surface area contributed by atoms with E-state index in [-0.39, 0.29) is 10.4 Å². The number of fused-ring (bicyclic) bond motifs is 1. The van der Waals surface area contributed by atoms with E-state index in [4.69, 9.17) is 43.6 Å². The largest absolute Gasteiger partial charge is 0.394 e. The molecule has 2 aromatic heterocycles. The van der Waals surface area contributed by atoms with Gasteiger partial charge in [-0.2, -0.15) is 4.98 Å². The van der Waals surface area contributed by atoms with Crippen molar-refractivity contribution in [3.05, 3.63) is 16.8 Å². The van der Waals surface area contributed by atoms with Crippen LogP contribution in [0.15, 0.2) is 6.33 Å². The summed E-state index contributed by atoms with van der Waals surface area (Å²) in [6.07, 6.45) is -3.27. The van der Waals surface area contributed by atoms with Gasteiger partial charge in [0, 0.05) is 0 Å². The van der Waals surface area contributed by atoms with Crippen LogP contribution in [0.3, 0.4) is 0 Å². The molecule has 0 radical (unpaired) electrons. The van der Waals surface area contributed by atoms with E-state index in [1.165, 1.54) is 6.33 Å². The number of aliphatic hydroxyl groups is 4. The van der Waals surface area contributed by atoms with Gasteiger partial charge in [0.05, 0.1) is 12.9 Å². The van der Waals surface area contributed by atoms with Crippen molar-refractivity contribution in [2.75, 3.05) is 6.61 Å². The maximum atomic E-state index is 8.93. The number of nitrogens with zero attached hydrogens (tertiary/aromatic N) is 3. The molecule has 5 N–H and O–H groups in total. The second kappa shape index (κ2) is 6.79. The normalized spacial score (nSPS) is 28.5. The van der Waals surface area contributed by atoms with Crippen LogP contribution in [-0.2, 0) is 4.74 Å². The average molecular weight is 339 g/mol. The molecule has 0 aromatic carbocycles. The minimum Gasteiger partial charge on any atom is -0.394 e. The van der Waals surface area contributed by atoms with Crippen LogP contribution in [0.4, 0.5) is 0 Å². The van der Waals surface area contributed by atoms with Gasteiger partial charge in [-0.3, -0.25) is 0 Å². The highest BCUT2D eigenvalue weighted by atomic mass is 35.5. The van der Waals surface area contributed by atoms with Crippen LogP contribution in [0.1, 0.15) is 0 Å². The third-order valence-electron chi connectivity index (χ3n) is 2.73. The van der Waals surface area contributed by atoms with Gasteiger partial charge in [-0.15, -0.1) is 0 Å². The molecule has 116 valence electrons. The first kappa shape index (κ1) is 16.3. The van der Waals surface area contributed by atoms with Gasteiger partial charge in [-0.1, -0.05) is 11.6 Å². The lowest BCUT2D eigenvalue weighted by molar-refractivity contribution is -0.132. The van der Waals surface area contributed by atoms with E-state index >= 15 is 0 Å². The molecule has 0 saturated carbocycles. The van der Waals surface area contributed by atoms with Crippen molar-refractivity contribution in [3.63, 3.8) is 0 Å². The van der Waals surface area contributed by atoms with Crippen LogP contribution in [0.25, 0.3) is 11.2 Å². The van der Waals surface area contributed by atoms with E-state index in [0.29, 0.717) is 11.2 Å². The van der Waals surface area contributed by atoms with Gasteiger partial charge in [0.25, 0.3) is 0 Å². The van der Waals surface area contributed by atoms with Crippen molar-refractivity contribution in [2.24, 2.45) is 0 Å². The van der Waals surface area contributed by atoms with E-state index in [0.717, 1.165) is 0 Å². The molecule has 3 heterocycles. The number of aliphatic hydroxyl groups excluding tert-OH is 4. The number of H-pyrrole nitrogens is 1. The van der Waals surface area contributed by atoms with E-state index in [1.54, 1.807) is 0 Å². The molecule has 3 rings (SSSR count). The van der Waals surface area contributed by atoms with Gasteiger partial charge in [-0.25, -0.2) is 9.97 Å². The van der Waals surface area contributed by atoms with E-state index < -0.39 is 31.2 Å². The maximum Gasteiger partial charge on any atom is 0.225 e. The Labute approximate surface area is 128 Å². The molecule has 0 bridgehead atoms. The van der Waals surface area contributed by atoms with Crippen molar-refractivity contribution in [1.29, 1.82) is 0 Å². The predicted molar refractivity (Wildman–Crippen MR) is 71.7 cm³/mol. The van der Waals surface area contributed by atoms with Crippen LogP contribution in [-0.4, -0.2) is 71.6 Å². The molecule has 1 saturated heterocycles. The Morgan fingerprint density at radius 1 is 1.19 bits per heavy atom. The number of rotatable bonds is 1. The quantitative estimate of drug-likeness (QED) is 0.331. The van der Waals surface area contributed by atoms with Gasteiger partial charge in [0.1, 0.15) is 23.8 Å². The number of nitrogens with one attached hydrogen (secondary N) is 1. The highest BCUT2D eigenvalue weighted by Gasteiger charge is 2.41. The summed E-state index contributed by atoms with van der Waals surface area (Å²) < 4.78 is 4.54. The minimum absolute atomic E-state index is 0.106. The number of ether oxygens (including phenoxy) is 1. The van der Waals surface area contributed by atoms with Crippen molar-refractivity contribution < 1.29 is 25.2 Å². The molecule has 1 aliphatic heterocycles. The van der Waals surface area contributed by atoms with E-state index in [1.807, 2.05) is 0 Å². The molecule has 9 nitrogen and oxygen atoms in total. The van der Waals surface area contributed by atoms with Crippen LogP contribution in [0.5, 0.6) is 0 Å². The Morgan fingerprint density at radius 2 is 1.90 bits per heavy atom. The van der Waals surface area contributed by atoms with Crippen LogP contribution in [0, 0.1) is 0 Å². The SMILES string of the molecule is Clc1nc(Cl)c2[nH]cnc2n1.OC[C@H]1O[C@@H](O)[C@H](O)[C@@H]1O. The fourth-order valence-electron chi connectivity index (χ4n) is 1.65. The lowest BCUT2D eigenvalue weighted by Gasteiger charge is -2.09. The molecule has 4 atom stereocenters. The van der Waals surface area contributed by atoms with Gasteiger partial charge < -0.3 is 30.1 Å². The second-order valence-corrected chi connectivity index (χ2v) is 4.81. The third kappa shape index (κ3) is 3.58. The summed E-state index contributed by atoms with van der Waals surface area (Å²) in [6, 6.07) is 0. The Balaban J connectivity index is 0.000000155. The van der Waals surface area contributed by atoms with Crippen LogP contribution < -0.4 is 0 Å². The molecule has 0 spiro atoms. The van der Waals surface area contributed by atoms with Crippen molar-refractivity contribution >= 4 is 34.4 Å². The predicted octanol–water partition coefficient (Wildman–Crippen LogP) is -0.923. The number of hydrogen-bond donors (Lipinski definition) is 5. The number of imidazole rings is 1. The number of aromatic amines is 1. The molecular weight excluding hydrogens is 327 g/mol. The second-order valence-electron chi connectivity index (χ2n) is 4.11. The Morgan fingerprint density at radius 3 is 2.43 bits per heavy atom. The summed E-state index contributed by atoms with van der Waals surface area (Å²) in [5, 5.41) is 35.4. The van der Waals surface area contributed by atoms with Gasteiger partial charge in [0.15, 0.2) is 17.1 Å².